The number of nitro groups is 1. The van der Waals surface area contributed by atoms with E-state index in [0.29, 0.717) is 6.07 Å². The summed E-state index contributed by atoms with van der Waals surface area (Å²) in [6, 6.07) is 2.19. The van der Waals surface area contributed by atoms with Gasteiger partial charge >= 0.3 is 0 Å². The molecule has 1 aromatic rings. The molecule has 0 saturated carbocycles. The molecule has 2 rings (SSSR count). The maximum atomic E-state index is 13.8. The van der Waals surface area contributed by atoms with Crippen LogP contribution in [0, 0.1) is 21.8 Å². The lowest BCUT2D eigenvalue weighted by Crippen LogP contribution is -2.32. The molecule has 1 aliphatic rings. The highest BCUT2D eigenvalue weighted by atomic mass is 32.2. The van der Waals surface area contributed by atoms with Crippen LogP contribution in [0.4, 0.5) is 10.1 Å². The number of halogens is 1. The van der Waals surface area contributed by atoms with Gasteiger partial charge in [-0.15, -0.1) is 0 Å². The van der Waals surface area contributed by atoms with E-state index >= 15 is 0 Å². The Morgan fingerprint density at radius 2 is 2.10 bits per heavy atom. The van der Waals surface area contributed by atoms with E-state index < -0.39 is 31.3 Å². The Bertz CT molecular complexity index is 639. The van der Waals surface area contributed by atoms with E-state index in [4.69, 9.17) is 5.73 Å². The van der Waals surface area contributed by atoms with E-state index in [0.717, 1.165) is 16.4 Å². The molecule has 1 fully saturated rings. The smallest absolute Gasteiger partial charge is 0.272 e. The standard InChI is InChI=1S/C11H14FN3O4S/c1-7-5-14(6-10(7)13)20(18,19)11-3-2-8(15(16)17)4-9(11)12/h2-4,7,10H,5-6,13H2,1H3. The number of nitrogens with zero attached hydrogens (tertiary/aromatic N) is 2. The van der Waals surface area contributed by atoms with Gasteiger partial charge in [-0.05, 0) is 12.0 Å². The van der Waals surface area contributed by atoms with Crippen LogP contribution < -0.4 is 5.73 Å². The third-order valence-electron chi connectivity index (χ3n) is 3.38. The Morgan fingerprint density at radius 1 is 1.45 bits per heavy atom. The molecular formula is C11H14FN3O4S. The van der Waals surface area contributed by atoms with Crippen LogP contribution in [-0.2, 0) is 10.0 Å². The van der Waals surface area contributed by atoms with Crippen molar-refractivity contribution in [1.29, 1.82) is 0 Å². The van der Waals surface area contributed by atoms with Crippen molar-refractivity contribution in [3.8, 4) is 0 Å². The van der Waals surface area contributed by atoms with Crippen molar-refractivity contribution in [1.82, 2.24) is 4.31 Å². The zero-order chi connectivity index (χ0) is 15.1. The van der Waals surface area contributed by atoms with Crippen LogP contribution in [-0.4, -0.2) is 36.8 Å². The molecule has 7 nitrogen and oxygen atoms in total. The maximum absolute atomic E-state index is 13.8. The fourth-order valence-electron chi connectivity index (χ4n) is 2.09. The zero-order valence-corrected chi connectivity index (χ0v) is 11.5. The maximum Gasteiger partial charge on any atom is 0.272 e. The molecule has 2 atom stereocenters. The summed E-state index contributed by atoms with van der Waals surface area (Å²) in [5, 5.41) is 10.5. The molecule has 0 radical (unpaired) electrons. The molecular weight excluding hydrogens is 289 g/mol. The predicted molar refractivity (Wildman–Crippen MR) is 69.0 cm³/mol. The number of sulfonamides is 1. The van der Waals surface area contributed by atoms with Gasteiger partial charge in [-0.25, -0.2) is 12.8 Å². The van der Waals surface area contributed by atoms with Crippen LogP contribution in [0.3, 0.4) is 0 Å². The van der Waals surface area contributed by atoms with Crippen LogP contribution >= 0.6 is 0 Å². The first-order valence-corrected chi connectivity index (χ1v) is 7.37. The number of nitro benzene ring substituents is 1. The molecule has 1 heterocycles. The first-order chi connectivity index (χ1) is 9.23. The Hall–Kier alpha value is -1.58. The molecule has 0 aromatic heterocycles. The second kappa shape index (κ2) is 5.08. The summed E-state index contributed by atoms with van der Waals surface area (Å²) < 4.78 is 39.5. The van der Waals surface area contributed by atoms with Crippen molar-refractivity contribution in [2.45, 2.75) is 17.9 Å². The van der Waals surface area contributed by atoms with Gasteiger partial charge in [-0.3, -0.25) is 10.1 Å². The SMILES string of the molecule is CC1CN(S(=O)(=O)c2ccc([N+](=O)[O-])cc2F)CC1N. The Labute approximate surface area is 115 Å². The molecule has 0 bridgehead atoms. The summed E-state index contributed by atoms with van der Waals surface area (Å²) in [5.74, 6) is -1.15. The van der Waals surface area contributed by atoms with Crippen LogP contribution in [0.5, 0.6) is 0 Å². The second-order valence-electron chi connectivity index (χ2n) is 4.83. The molecule has 1 aromatic carbocycles. The third kappa shape index (κ3) is 2.51. The second-order valence-corrected chi connectivity index (χ2v) is 6.74. The highest BCUT2D eigenvalue weighted by Crippen LogP contribution is 2.27. The molecule has 2 N–H and O–H groups in total. The molecule has 0 aliphatic carbocycles. The molecule has 9 heteroatoms. The van der Waals surface area contributed by atoms with Crippen molar-refractivity contribution >= 4 is 15.7 Å². The normalized spacial score (nSPS) is 23.9. The first-order valence-electron chi connectivity index (χ1n) is 5.93. The Balaban J connectivity index is 2.38. The number of hydrogen-bond donors (Lipinski definition) is 1. The van der Waals surface area contributed by atoms with Gasteiger partial charge in [0.1, 0.15) is 10.7 Å². The average molecular weight is 303 g/mol. The molecule has 1 aliphatic heterocycles. The lowest BCUT2D eigenvalue weighted by Gasteiger charge is -2.16. The Kier molecular flexibility index (Phi) is 3.76. The van der Waals surface area contributed by atoms with E-state index in [-0.39, 0.29) is 25.0 Å². The lowest BCUT2D eigenvalue weighted by molar-refractivity contribution is -0.385. The van der Waals surface area contributed by atoms with Crippen molar-refractivity contribution in [2.75, 3.05) is 13.1 Å². The molecule has 1 saturated heterocycles. The molecule has 110 valence electrons. The quantitative estimate of drug-likeness (QED) is 0.653. The Morgan fingerprint density at radius 3 is 2.55 bits per heavy atom. The van der Waals surface area contributed by atoms with Crippen molar-refractivity contribution in [2.24, 2.45) is 11.7 Å². The number of nitrogens with two attached hydrogens (primary N) is 1. The first kappa shape index (κ1) is 14.8. The predicted octanol–water partition coefficient (Wildman–Crippen LogP) is 0.702. The van der Waals surface area contributed by atoms with E-state index in [2.05, 4.69) is 0 Å². The van der Waals surface area contributed by atoms with Crippen LogP contribution in [0.1, 0.15) is 6.92 Å². The number of benzene rings is 1. The summed E-state index contributed by atoms with van der Waals surface area (Å²) >= 11 is 0. The van der Waals surface area contributed by atoms with E-state index in [1.165, 1.54) is 0 Å². The van der Waals surface area contributed by atoms with E-state index in [1.807, 2.05) is 6.92 Å². The van der Waals surface area contributed by atoms with E-state index in [9.17, 15) is 22.9 Å². The van der Waals surface area contributed by atoms with Crippen molar-refractivity contribution in [3.05, 3.63) is 34.1 Å². The van der Waals surface area contributed by atoms with Gasteiger partial charge in [0.15, 0.2) is 0 Å². The largest absolute Gasteiger partial charge is 0.326 e. The van der Waals surface area contributed by atoms with Crippen LogP contribution in [0.15, 0.2) is 23.1 Å². The minimum Gasteiger partial charge on any atom is -0.326 e. The minimum atomic E-state index is -4.02. The summed E-state index contributed by atoms with van der Waals surface area (Å²) in [4.78, 5) is 9.17. The summed E-state index contributed by atoms with van der Waals surface area (Å²) in [5.41, 5.74) is 5.26. The van der Waals surface area contributed by atoms with Crippen LogP contribution in [0.25, 0.3) is 0 Å². The van der Waals surface area contributed by atoms with Gasteiger partial charge in [0.05, 0.1) is 11.0 Å². The van der Waals surface area contributed by atoms with E-state index in [1.54, 1.807) is 0 Å². The monoisotopic (exact) mass is 303 g/mol. The zero-order valence-electron chi connectivity index (χ0n) is 10.7. The van der Waals surface area contributed by atoms with Gasteiger partial charge < -0.3 is 5.73 Å². The van der Waals surface area contributed by atoms with Gasteiger partial charge in [0, 0.05) is 25.2 Å². The number of hydrogen-bond acceptors (Lipinski definition) is 5. The highest BCUT2D eigenvalue weighted by molar-refractivity contribution is 7.89. The van der Waals surface area contributed by atoms with Gasteiger partial charge in [0.25, 0.3) is 5.69 Å². The molecule has 2 unspecified atom stereocenters. The fourth-order valence-corrected chi connectivity index (χ4v) is 3.72. The number of non-ortho nitro benzene ring substituents is 1. The third-order valence-corrected chi connectivity index (χ3v) is 5.25. The van der Waals surface area contributed by atoms with Gasteiger partial charge in [-0.1, -0.05) is 6.92 Å². The lowest BCUT2D eigenvalue weighted by atomic mass is 10.1. The molecule has 0 spiro atoms. The summed E-state index contributed by atoms with van der Waals surface area (Å²) in [6.07, 6.45) is 0. The molecule has 0 amide bonds. The average Bonchev–Trinajstić information content (AvgIpc) is 2.69. The molecule has 20 heavy (non-hydrogen) atoms. The fraction of sp³-hybridized carbons (Fsp3) is 0.455. The minimum absolute atomic E-state index is 0.0223. The summed E-state index contributed by atoms with van der Waals surface area (Å²) in [6.45, 7) is 2.13. The summed E-state index contributed by atoms with van der Waals surface area (Å²) in [7, 11) is -4.02. The van der Waals surface area contributed by atoms with Crippen LogP contribution in [0.2, 0.25) is 0 Å². The van der Waals surface area contributed by atoms with Gasteiger partial charge in [0.2, 0.25) is 10.0 Å². The van der Waals surface area contributed by atoms with Crippen molar-refractivity contribution < 1.29 is 17.7 Å². The van der Waals surface area contributed by atoms with Crippen molar-refractivity contribution in [3.63, 3.8) is 0 Å². The number of rotatable bonds is 3. The highest BCUT2D eigenvalue weighted by Gasteiger charge is 2.37. The topological polar surface area (TPSA) is 107 Å². The van der Waals surface area contributed by atoms with Gasteiger partial charge in [-0.2, -0.15) is 4.31 Å².